The van der Waals surface area contributed by atoms with Crippen LogP contribution in [-0.2, 0) is 4.79 Å². The van der Waals surface area contributed by atoms with Crippen molar-refractivity contribution in [3.8, 4) is 5.69 Å². The number of nitrogens with zero attached hydrogens (tertiary/aromatic N) is 6. The van der Waals surface area contributed by atoms with Crippen LogP contribution in [0.3, 0.4) is 0 Å². The Bertz CT molecular complexity index is 1110. The van der Waals surface area contributed by atoms with Crippen LogP contribution in [0.2, 0.25) is 0 Å². The van der Waals surface area contributed by atoms with E-state index in [0.717, 1.165) is 17.0 Å². The molecule has 3 aromatic rings. The minimum absolute atomic E-state index is 0.143. The summed E-state index contributed by atoms with van der Waals surface area (Å²) in [7, 11) is 0. The van der Waals surface area contributed by atoms with Gasteiger partial charge in [-0.25, -0.2) is 0 Å². The van der Waals surface area contributed by atoms with E-state index in [9.17, 15) is 4.79 Å². The highest BCUT2D eigenvalue weighted by Crippen LogP contribution is 2.25. The number of hydrogen-bond donors (Lipinski definition) is 1. The Morgan fingerprint density at radius 1 is 1.16 bits per heavy atom. The molecule has 31 heavy (non-hydrogen) atoms. The van der Waals surface area contributed by atoms with Crippen LogP contribution >= 0.6 is 23.5 Å². The molecule has 8 nitrogen and oxygen atoms in total. The zero-order valence-corrected chi connectivity index (χ0v) is 18.7. The van der Waals surface area contributed by atoms with Gasteiger partial charge < -0.3 is 5.32 Å². The number of aromatic nitrogens is 4. The van der Waals surface area contributed by atoms with Crippen LogP contribution < -0.4 is 5.32 Å². The van der Waals surface area contributed by atoms with Crippen LogP contribution in [0.25, 0.3) is 5.69 Å². The minimum atomic E-state index is -0.362. The van der Waals surface area contributed by atoms with Gasteiger partial charge in [0.15, 0.2) is 5.17 Å². The van der Waals surface area contributed by atoms with Gasteiger partial charge in [-0.2, -0.15) is 9.78 Å². The van der Waals surface area contributed by atoms with Gasteiger partial charge in [-0.1, -0.05) is 78.5 Å². The molecule has 0 saturated heterocycles. The van der Waals surface area contributed by atoms with Crippen molar-refractivity contribution in [1.82, 2.24) is 25.5 Å². The second-order valence-corrected chi connectivity index (χ2v) is 8.95. The maximum atomic E-state index is 12.9. The number of hydrogen-bond acceptors (Lipinski definition) is 8. The fraction of sp³-hybridized carbons (Fsp3) is 0.238. The molecule has 0 fully saturated rings. The van der Waals surface area contributed by atoms with Crippen LogP contribution in [-0.4, -0.2) is 48.0 Å². The van der Waals surface area contributed by atoms with Gasteiger partial charge in [0.05, 0.1) is 16.6 Å². The summed E-state index contributed by atoms with van der Waals surface area (Å²) in [6.07, 6.45) is 0.619. The number of thioether (sulfide) groups is 2. The Balaban J connectivity index is 1.42. The monoisotopic (exact) mass is 451 g/mol. The molecule has 2 heterocycles. The van der Waals surface area contributed by atoms with E-state index >= 15 is 0 Å². The maximum absolute atomic E-state index is 12.9. The van der Waals surface area contributed by atoms with E-state index in [2.05, 4.69) is 43.2 Å². The van der Waals surface area contributed by atoms with Crippen LogP contribution in [0, 0.1) is 6.92 Å². The lowest BCUT2D eigenvalue weighted by atomic mass is 10.1. The molecule has 10 heteroatoms. The molecule has 1 aromatic heterocycles. The lowest BCUT2D eigenvalue weighted by molar-refractivity contribution is -0.119. The third-order valence-corrected chi connectivity index (χ3v) is 6.75. The molecule has 0 radical (unpaired) electrons. The average Bonchev–Trinajstić information content (AvgIpc) is 3.27. The van der Waals surface area contributed by atoms with Crippen molar-refractivity contribution in [2.45, 2.75) is 30.7 Å². The zero-order chi connectivity index (χ0) is 21.6. The summed E-state index contributed by atoms with van der Waals surface area (Å²) in [5, 5.41) is 24.0. The zero-order valence-electron chi connectivity index (χ0n) is 17.1. The lowest BCUT2D eigenvalue weighted by Crippen LogP contribution is -2.37. The molecule has 1 amide bonds. The summed E-state index contributed by atoms with van der Waals surface area (Å²) >= 11 is 2.79. The SMILES string of the molecule is CC[C@H](Sc1nnnn1-c1ccccc1)C(=O)NC1=NN=C(c2ccc(C)cc2)CS1. The Hall–Kier alpha value is -2.98. The number of para-hydroxylation sites is 1. The van der Waals surface area contributed by atoms with E-state index < -0.39 is 0 Å². The Morgan fingerprint density at radius 2 is 1.94 bits per heavy atom. The Kier molecular flexibility index (Phi) is 6.78. The van der Waals surface area contributed by atoms with Crippen LogP contribution in [0.15, 0.2) is 70.0 Å². The highest BCUT2D eigenvalue weighted by Gasteiger charge is 2.24. The van der Waals surface area contributed by atoms with Crippen molar-refractivity contribution in [3.05, 3.63) is 65.7 Å². The van der Waals surface area contributed by atoms with E-state index in [-0.39, 0.29) is 11.2 Å². The number of amidine groups is 1. The first-order chi connectivity index (χ1) is 15.1. The molecule has 1 aliphatic heterocycles. The smallest absolute Gasteiger partial charge is 0.239 e. The summed E-state index contributed by atoms with van der Waals surface area (Å²) in [4.78, 5) is 12.9. The molecule has 0 saturated carbocycles. The van der Waals surface area contributed by atoms with Crippen LogP contribution in [0.4, 0.5) is 0 Å². The number of nitrogens with one attached hydrogen (secondary N) is 1. The van der Waals surface area contributed by atoms with Crippen molar-refractivity contribution in [3.63, 3.8) is 0 Å². The Morgan fingerprint density at radius 3 is 2.61 bits per heavy atom. The largest absolute Gasteiger partial charge is 0.303 e. The van der Waals surface area contributed by atoms with Gasteiger partial charge in [-0.05, 0) is 41.5 Å². The number of aryl methyl sites for hydroxylation is 1. The molecule has 2 aromatic carbocycles. The van der Waals surface area contributed by atoms with Crippen LogP contribution in [0.1, 0.15) is 24.5 Å². The van der Waals surface area contributed by atoms with Crippen LogP contribution in [0.5, 0.6) is 0 Å². The second kappa shape index (κ2) is 9.88. The number of amides is 1. The molecule has 1 N–H and O–H groups in total. The number of rotatable bonds is 6. The molecule has 1 aliphatic rings. The second-order valence-electron chi connectivity index (χ2n) is 6.82. The van der Waals surface area contributed by atoms with Crippen molar-refractivity contribution in [2.24, 2.45) is 10.2 Å². The topological polar surface area (TPSA) is 97.4 Å². The summed E-state index contributed by atoms with van der Waals surface area (Å²) in [5.74, 6) is 0.508. The molecule has 158 valence electrons. The lowest BCUT2D eigenvalue weighted by Gasteiger charge is -2.16. The summed E-state index contributed by atoms with van der Waals surface area (Å²) < 4.78 is 1.63. The van der Waals surface area contributed by atoms with Gasteiger partial charge in [-0.3, -0.25) is 4.79 Å². The van der Waals surface area contributed by atoms with E-state index in [1.807, 2.05) is 56.3 Å². The molecule has 0 unspecified atom stereocenters. The van der Waals surface area contributed by atoms with Gasteiger partial charge in [0.2, 0.25) is 11.1 Å². The standard InChI is InChI=1S/C21H21N7OS2/c1-3-18(31-21-25-26-27-28(21)16-7-5-4-6-8-16)19(29)22-20-24-23-17(13-30-20)15-11-9-14(2)10-12-15/h4-12,18H,3,13H2,1-2H3,(H,22,24,29)/t18-/m0/s1. The van der Waals surface area contributed by atoms with E-state index in [0.29, 0.717) is 22.5 Å². The first-order valence-corrected chi connectivity index (χ1v) is 11.7. The third-order valence-electron chi connectivity index (χ3n) is 4.57. The van der Waals surface area contributed by atoms with Crippen molar-refractivity contribution < 1.29 is 4.79 Å². The molecule has 0 spiro atoms. The number of carbonyl (C=O) groups is 1. The normalized spacial score (nSPS) is 14.5. The van der Waals surface area contributed by atoms with E-state index in [1.165, 1.54) is 29.1 Å². The fourth-order valence-electron chi connectivity index (χ4n) is 2.87. The van der Waals surface area contributed by atoms with E-state index in [4.69, 9.17) is 0 Å². The molecule has 0 bridgehead atoms. The molecular weight excluding hydrogens is 430 g/mol. The van der Waals surface area contributed by atoms with Crippen molar-refractivity contribution >= 4 is 40.3 Å². The first kappa shape index (κ1) is 21.3. The fourth-order valence-corrected chi connectivity index (χ4v) is 4.55. The predicted molar refractivity (Wildman–Crippen MR) is 125 cm³/mol. The Labute approximate surface area is 188 Å². The quantitative estimate of drug-likeness (QED) is 0.577. The highest BCUT2D eigenvalue weighted by molar-refractivity contribution is 8.14. The molecule has 0 aliphatic carbocycles. The number of tetrazole rings is 1. The summed E-state index contributed by atoms with van der Waals surface area (Å²) in [6, 6.07) is 17.8. The average molecular weight is 452 g/mol. The van der Waals surface area contributed by atoms with Crippen molar-refractivity contribution in [2.75, 3.05) is 5.75 Å². The molecular formula is C21H21N7OS2. The number of benzene rings is 2. The minimum Gasteiger partial charge on any atom is -0.303 e. The van der Waals surface area contributed by atoms with Gasteiger partial charge in [0, 0.05) is 5.75 Å². The summed E-state index contributed by atoms with van der Waals surface area (Å²) in [6.45, 7) is 4.00. The molecule has 4 rings (SSSR count). The molecule has 1 atom stereocenters. The third kappa shape index (κ3) is 5.20. The van der Waals surface area contributed by atoms with Gasteiger partial charge >= 0.3 is 0 Å². The maximum Gasteiger partial charge on any atom is 0.239 e. The van der Waals surface area contributed by atoms with Gasteiger partial charge in [0.1, 0.15) is 0 Å². The predicted octanol–water partition coefficient (Wildman–Crippen LogP) is 3.46. The summed E-state index contributed by atoms with van der Waals surface area (Å²) in [5.41, 5.74) is 3.98. The van der Waals surface area contributed by atoms with E-state index in [1.54, 1.807) is 4.68 Å². The van der Waals surface area contributed by atoms with Gasteiger partial charge in [0.25, 0.3) is 0 Å². The first-order valence-electron chi connectivity index (χ1n) is 9.79. The number of carbonyl (C=O) groups excluding carboxylic acids is 1. The highest BCUT2D eigenvalue weighted by atomic mass is 32.2. The van der Waals surface area contributed by atoms with Gasteiger partial charge in [-0.15, -0.1) is 10.2 Å². The van der Waals surface area contributed by atoms with Crippen molar-refractivity contribution in [1.29, 1.82) is 0 Å².